The zero-order valence-corrected chi connectivity index (χ0v) is 8.79. The van der Waals surface area contributed by atoms with Gasteiger partial charge in [-0.15, -0.1) is 0 Å². The van der Waals surface area contributed by atoms with Crippen LogP contribution in [0.15, 0.2) is 24.3 Å². The lowest BCUT2D eigenvalue weighted by atomic mass is 10.2. The molecule has 1 unspecified atom stereocenters. The van der Waals surface area contributed by atoms with E-state index < -0.39 is 6.04 Å². The van der Waals surface area contributed by atoms with Crippen molar-refractivity contribution in [2.75, 3.05) is 7.11 Å². The van der Waals surface area contributed by atoms with Crippen LogP contribution in [0, 0.1) is 5.82 Å². The quantitative estimate of drug-likeness (QED) is 0.766. The third-order valence-corrected chi connectivity index (χ3v) is 2.06. The van der Waals surface area contributed by atoms with Crippen LogP contribution in [0.25, 0.3) is 0 Å². The number of hydrogen-bond acceptors (Lipinski definition) is 3. The minimum atomic E-state index is -0.390. The predicted molar refractivity (Wildman–Crippen MR) is 54.7 cm³/mol. The Morgan fingerprint density at radius 3 is 2.93 bits per heavy atom. The minimum absolute atomic E-state index is 0.278. The van der Waals surface area contributed by atoms with Crippen LogP contribution in [0.5, 0.6) is 0 Å². The number of carbonyl (C=O) groups excluding carboxylic acids is 1. The summed E-state index contributed by atoms with van der Waals surface area (Å²) in [5.74, 6) is -0.605. The maximum Gasteiger partial charge on any atom is 0.322 e. The van der Waals surface area contributed by atoms with Gasteiger partial charge in [0.15, 0.2) is 0 Å². The van der Waals surface area contributed by atoms with Crippen LogP contribution < -0.4 is 5.32 Å². The van der Waals surface area contributed by atoms with Gasteiger partial charge in [0.2, 0.25) is 0 Å². The number of esters is 1. The molecular formula is C11H14FNO2. The second-order valence-corrected chi connectivity index (χ2v) is 3.26. The highest BCUT2D eigenvalue weighted by atomic mass is 19.1. The van der Waals surface area contributed by atoms with Gasteiger partial charge in [-0.25, -0.2) is 4.39 Å². The van der Waals surface area contributed by atoms with Crippen LogP contribution >= 0.6 is 0 Å². The molecule has 1 N–H and O–H groups in total. The van der Waals surface area contributed by atoms with Gasteiger partial charge in [-0.05, 0) is 24.6 Å². The molecule has 1 atom stereocenters. The van der Waals surface area contributed by atoms with Crippen molar-refractivity contribution in [1.29, 1.82) is 0 Å². The summed E-state index contributed by atoms with van der Waals surface area (Å²) in [6, 6.07) is 5.85. The SMILES string of the molecule is COC(=O)C(C)NCc1cccc(F)c1. The molecule has 0 amide bonds. The summed E-state index contributed by atoms with van der Waals surface area (Å²) in [6.07, 6.45) is 0. The Balaban J connectivity index is 2.47. The molecule has 0 fully saturated rings. The summed E-state index contributed by atoms with van der Waals surface area (Å²) in [5.41, 5.74) is 0.797. The van der Waals surface area contributed by atoms with Crippen molar-refractivity contribution >= 4 is 5.97 Å². The van der Waals surface area contributed by atoms with E-state index in [0.717, 1.165) is 5.56 Å². The Labute approximate surface area is 88.2 Å². The van der Waals surface area contributed by atoms with Gasteiger partial charge in [-0.1, -0.05) is 12.1 Å². The molecule has 0 saturated heterocycles. The van der Waals surface area contributed by atoms with E-state index in [4.69, 9.17) is 0 Å². The fraction of sp³-hybridized carbons (Fsp3) is 0.364. The van der Waals surface area contributed by atoms with Crippen LogP contribution in [0.2, 0.25) is 0 Å². The lowest BCUT2D eigenvalue weighted by Gasteiger charge is -2.11. The topological polar surface area (TPSA) is 38.3 Å². The van der Waals surface area contributed by atoms with Crippen molar-refractivity contribution in [3.63, 3.8) is 0 Å². The molecule has 0 spiro atoms. The first-order valence-corrected chi connectivity index (χ1v) is 4.69. The average Bonchev–Trinajstić information content (AvgIpc) is 2.25. The van der Waals surface area contributed by atoms with Gasteiger partial charge in [0.1, 0.15) is 11.9 Å². The maximum absolute atomic E-state index is 12.8. The van der Waals surface area contributed by atoms with E-state index in [1.54, 1.807) is 19.1 Å². The van der Waals surface area contributed by atoms with Gasteiger partial charge in [0, 0.05) is 6.54 Å². The Kier molecular flexibility index (Phi) is 4.24. The van der Waals surface area contributed by atoms with E-state index in [0.29, 0.717) is 6.54 Å². The smallest absolute Gasteiger partial charge is 0.322 e. The third kappa shape index (κ3) is 3.67. The molecule has 0 aliphatic carbocycles. The normalized spacial score (nSPS) is 12.2. The minimum Gasteiger partial charge on any atom is -0.468 e. The molecule has 0 saturated carbocycles. The fourth-order valence-corrected chi connectivity index (χ4v) is 1.18. The van der Waals surface area contributed by atoms with Gasteiger partial charge in [0.05, 0.1) is 7.11 Å². The lowest BCUT2D eigenvalue weighted by Crippen LogP contribution is -2.34. The summed E-state index contributed by atoms with van der Waals surface area (Å²) in [7, 11) is 1.34. The van der Waals surface area contributed by atoms with Crippen molar-refractivity contribution in [2.24, 2.45) is 0 Å². The summed E-state index contributed by atoms with van der Waals surface area (Å²) < 4.78 is 17.3. The van der Waals surface area contributed by atoms with Crippen molar-refractivity contribution in [3.8, 4) is 0 Å². The molecule has 0 bridgehead atoms. The Hall–Kier alpha value is -1.42. The maximum atomic E-state index is 12.8. The van der Waals surface area contributed by atoms with Gasteiger partial charge in [0.25, 0.3) is 0 Å². The monoisotopic (exact) mass is 211 g/mol. The molecule has 3 nitrogen and oxygen atoms in total. The van der Waals surface area contributed by atoms with Crippen LogP contribution in [-0.4, -0.2) is 19.1 Å². The Morgan fingerprint density at radius 1 is 1.60 bits per heavy atom. The van der Waals surface area contributed by atoms with Gasteiger partial charge < -0.3 is 10.1 Å². The standard InChI is InChI=1S/C11H14FNO2/c1-8(11(14)15-2)13-7-9-4-3-5-10(12)6-9/h3-6,8,13H,7H2,1-2H3. The molecule has 0 aromatic heterocycles. The molecular weight excluding hydrogens is 197 g/mol. The highest BCUT2D eigenvalue weighted by Crippen LogP contribution is 2.03. The lowest BCUT2D eigenvalue weighted by molar-refractivity contribution is -0.142. The van der Waals surface area contributed by atoms with E-state index in [9.17, 15) is 9.18 Å². The van der Waals surface area contributed by atoms with Crippen molar-refractivity contribution in [3.05, 3.63) is 35.6 Å². The van der Waals surface area contributed by atoms with Crippen LogP contribution in [-0.2, 0) is 16.1 Å². The molecule has 0 aliphatic rings. The summed E-state index contributed by atoms with van der Waals surface area (Å²) in [5, 5.41) is 2.94. The zero-order chi connectivity index (χ0) is 11.3. The van der Waals surface area contributed by atoms with E-state index in [-0.39, 0.29) is 11.8 Å². The first-order valence-electron chi connectivity index (χ1n) is 4.69. The molecule has 1 aromatic rings. The van der Waals surface area contributed by atoms with Gasteiger partial charge >= 0.3 is 5.97 Å². The highest BCUT2D eigenvalue weighted by molar-refractivity contribution is 5.75. The molecule has 1 rings (SSSR count). The molecule has 0 radical (unpaired) electrons. The zero-order valence-electron chi connectivity index (χ0n) is 8.79. The van der Waals surface area contributed by atoms with Crippen LogP contribution in [0.4, 0.5) is 4.39 Å². The van der Waals surface area contributed by atoms with E-state index in [1.807, 2.05) is 0 Å². The van der Waals surface area contributed by atoms with Crippen LogP contribution in [0.1, 0.15) is 12.5 Å². The number of methoxy groups -OCH3 is 1. The molecule has 4 heteroatoms. The second-order valence-electron chi connectivity index (χ2n) is 3.26. The largest absolute Gasteiger partial charge is 0.468 e. The Morgan fingerprint density at radius 2 is 2.33 bits per heavy atom. The van der Waals surface area contributed by atoms with Gasteiger partial charge in [-0.3, -0.25) is 4.79 Å². The molecule has 82 valence electrons. The van der Waals surface area contributed by atoms with E-state index in [1.165, 1.54) is 19.2 Å². The fourth-order valence-electron chi connectivity index (χ4n) is 1.18. The second kappa shape index (κ2) is 5.46. The van der Waals surface area contributed by atoms with Gasteiger partial charge in [-0.2, -0.15) is 0 Å². The van der Waals surface area contributed by atoms with Crippen molar-refractivity contribution in [1.82, 2.24) is 5.32 Å². The highest BCUT2D eigenvalue weighted by Gasteiger charge is 2.11. The first-order chi connectivity index (χ1) is 7.13. The summed E-state index contributed by atoms with van der Waals surface area (Å²) in [4.78, 5) is 11.0. The van der Waals surface area contributed by atoms with Crippen LogP contribution in [0.3, 0.4) is 0 Å². The summed E-state index contributed by atoms with van der Waals surface area (Å²) in [6.45, 7) is 2.14. The molecule has 0 aliphatic heterocycles. The third-order valence-electron chi connectivity index (χ3n) is 2.06. The van der Waals surface area contributed by atoms with E-state index >= 15 is 0 Å². The molecule has 15 heavy (non-hydrogen) atoms. The number of nitrogens with one attached hydrogen (secondary N) is 1. The number of hydrogen-bond donors (Lipinski definition) is 1. The number of benzene rings is 1. The van der Waals surface area contributed by atoms with Crippen molar-refractivity contribution < 1.29 is 13.9 Å². The average molecular weight is 211 g/mol. The predicted octanol–water partition coefficient (Wildman–Crippen LogP) is 1.48. The number of ether oxygens (including phenoxy) is 1. The first kappa shape index (κ1) is 11.7. The van der Waals surface area contributed by atoms with Crippen molar-refractivity contribution in [2.45, 2.75) is 19.5 Å². The molecule has 0 heterocycles. The number of rotatable bonds is 4. The number of carbonyl (C=O) groups is 1. The molecule has 1 aromatic carbocycles. The summed E-state index contributed by atoms with van der Waals surface area (Å²) >= 11 is 0. The number of halogens is 1. The Bertz CT molecular complexity index is 341. The van der Waals surface area contributed by atoms with E-state index in [2.05, 4.69) is 10.1 Å².